The van der Waals surface area contributed by atoms with Crippen LogP contribution < -0.4 is 10.1 Å². The number of rotatable bonds is 5. The van der Waals surface area contributed by atoms with Gasteiger partial charge in [0.25, 0.3) is 0 Å². The summed E-state index contributed by atoms with van der Waals surface area (Å²) >= 11 is 0. The molecule has 7 heteroatoms. The third kappa shape index (κ3) is 3.52. The zero-order chi connectivity index (χ0) is 16.1. The fraction of sp³-hybridized carbons (Fsp3) is 0.125. The molecular formula is C16H14N4O3. The number of amides is 1. The van der Waals surface area contributed by atoms with Gasteiger partial charge in [-0.2, -0.15) is 0 Å². The summed E-state index contributed by atoms with van der Waals surface area (Å²) < 4.78 is 10.5. The van der Waals surface area contributed by atoms with E-state index >= 15 is 0 Å². The second kappa shape index (κ2) is 6.69. The first-order chi connectivity index (χ1) is 11.3. The molecule has 0 aliphatic rings. The minimum Gasteiger partial charge on any atom is -0.497 e. The Hall–Kier alpha value is -3.22. The molecule has 0 fully saturated rings. The summed E-state index contributed by atoms with van der Waals surface area (Å²) in [6.45, 7) is 0.292. The first-order valence-corrected chi connectivity index (χ1v) is 6.92. The zero-order valence-electron chi connectivity index (χ0n) is 12.4. The SMILES string of the molecule is COc1ccc(-c2nnc(C(=O)NCc3ccccn3)o2)cc1. The van der Waals surface area contributed by atoms with Gasteiger partial charge in [-0.25, -0.2) is 0 Å². The number of nitrogens with one attached hydrogen (secondary N) is 1. The van der Waals surface area contributed by atoms with Gasteiger partial charge in [-0.1, -0.05) is 6.07 Å². The first kappa shape index (κ1) is 14.7. The van der Waals surface area contributed by atoms with Crippen molar-refractivity contribution in [1.82, 2.24) is 20.5 Å². The summed E-state index contributed by atoms with van der Waals surface area (Å²) in [7, 11) is 1.59. The van der Waals surface area contributed by atoms with Crippen LogP contribution in [0.1, 0.15) is 16.4 Å². The molecule has 3 aromatic rings. The Kier molecular flexibility index (Phi) is 4.28. The Labute approximate surface area is 132 Å². The van der Waals surface area contributed by atoms with E-state index in [-0.39, 0.29) is 11.8 Å². The molecule has 0 unspecified atom stereocenters. The van der Waals surface area contributed by atoms with Gasteiger partial charge in [0.15, 0.2) is 0 Å². The summed E-state index contributed by atoms with van der Waals surface area (Å²) in [5, 5.41) is 10.3. The van der Waals surface area contributed by atoms with E-state index in [0.717, 1.165) is 11.4 Å². The number of carbonyl (C=O) groups is 1. The smallest absolute Gasteiger partial charge is 0.309 e. The number of benzene rings is 1. The molecule has 0 radical (unpaired) electrons. The maximum absolute atomic E-state index is 12.0. The highest BCUT2D eigenvalue weighted by molar-refractivity contribution is 5.89. The van der Waals surface area contributed by atoms with E-state index in [1.54, 1.807) is 37.6 Å². The summed E-state index contributed by atoms with van der Waals surface area (Å²) in [4.78, 5) is 16.1. The standard InChI is InChI=1S/C16H14N4O3/c1-22-13-7-5-11(6-8-13)15-19-20-16(23-15)14(21)18-10-12-4-2-3-9-17-12/h2-9H,10H2,1H3,(H,18,21). The Balaban J connectivity index is 1.67. The van der Waals surface area contributed by atoms with E-state index < -0.39 is 5.91 Å². The van der Waals surface area contributed by atoms with Gasteiger partial charge in [0.2, 0.25) is 5.89 Å². The lowest BCUT2D eigenvalue weighted by Gasteiger charge is -2.01. The average molecular weight is 310 g/mol. The van der Waals surface area contributed by atoms with E-state index in [1.165, 1.54) is 0 Å². The molecule has 0 aliphatic carbocycles. The summed E-state index contributed by atoms with van der Waals surface area (Å²) in [6, 6.07) is 12.6. The largest absolute Gasteiger partial charge is 0.497 e. The Bertz CT molecular complexity index is 785. The minimum absolute atomic E-state index is 0.0910. The second-order valence-electron chi connectivity index (χ2n) is 4.64. The van der Waals surface area contributed by atoms with Crippen LogP contribution in [0, 0.1) is 0 Å². The Morgan fingerprint density at radius 2 is 2.00 bits per heavy atom. The third-order valence-corrected chi connectivity index (χ3v) is 3.11. The highest BCUT2D eigenvalue weighted by Gasteiger charge is 2.15. The number of aromatic nitrogens is 3. The van der Waals surface area contributed by atoms with Crippen molar-refractivity contribution < 1.29 is 13.9 Å². The summed E-state index contributed by atoms with van der Waals surface area (Å²) in [5.41, 5.74) is 1.46. The molecule has 1 amide bonds. The average Bonchev–Trinajstić information content (AvgIpc) is 3.11. The van der Waals surface area contributed by atoms with Crippen LogP contribution in [0.5, 0.6) is 5.75 Å². The van der Waals surface area contributed by atoms with Gasteiger partial charge in [-0.05, 0) is 36.4 Å². The molecule has 0 bridgehead atoms. The molecule has 2 heterocycles. The van der Waals surface area contributed by atoms with Crippen molar-refractivity contribution in [2.24, 2.45) is 0 Å². The van der Waals surface area contributed by atoms with Crippen molar-refractivity contribution in [1.29, 1.82) is 0 Å². The predicted octanol–water partition coefficient (Wildman–Crippen LogP) is 2.07. The molecule has 0 spiro atoms. The number of nitrogens with zero attached hydrogens (tertiary/aromatic N) is 3. The quantitative estimate of drug-likeness (QED) is 0.776. The Morgan fingerprint density at radius 1 is 1.17 bits per heavy atom. The van der Waals surface area contributed by atoms with Crippen LogP contribution >= 0.6 is 0 Å². The van der Waals surface area contributed by atoms with Gasteiger partial charge < -0.3 is 14.5 Å². The van der Waals surface area contributed by atoms with E-state index in [4.69, 9.17) is 9.15 Å². The van der Waals surface area contributed by atoms with Gasteiger partial charge in [-0.3, -0.25) is 9.78 Å². The third-order valence-electron chi connectivity index (χ3n) is 3.11. The van der Waals surface area contributed by atoms with E-state index in [9.17, 15) is 4.79 Å². The number of hydrogen-bond donors (Lipinski definition) is 1. The molecule has 2 aromatic heterocycles. The molecule has 7 nitrogen and oxygen atoms in total. The maximum Gasteiger partial charge on any atom is 0.309 e. The molecule has 1 aromatic carbocycles. The lowest BCUT2D eigenvalue weighted by atomic mass is 10.2. The molecule has 116 valence electrons. The van der Waals surface area contributed by atoms with Crippen LogP contribution in [-0.4, -0.2) is 28.2 Å². The van der Waals surface area contributed by atoms with Crippen LogP contribution in [0.4, 0.5) is 0 Å². The minimum atomic E-state index is -0.442. The van der Waals surface area contributed by atoms with Crippen molar-refractivity contribution >= 4 is 5.91 Å². The number of pyridine rings is 1. The fourth-order valence-corrected chi connectivity index (χ4v) is 1.91. The van der Waals surface area contributed by atoms with E-state index in [2.05, 4.69) is 20.5 Å². The topological polar surface area (TPSA) is 90.1 Å². The van der Waals surface area contributed by atoms with Crippen molar-refractivity contribution in [2.75, 3.05) is 7.11 Å². The van der Waals surface area contributed by atoms with Crippen LogP contribution in [0.2, 0.25) is 0 Å². The van der Waals surface area contributed by atoms with Crippen molar-refractivity contribution in [3.8, 4) is 17.2 Å². The Morgan fingerprint density at radius 3 is 2.70 bits per heavy atom. The van der Waals surface area contributed by atoms with Gasteiger partial charge in [0.05, 0.1) is 19.3 Å². The van der Waals surface area contributed by atoms with Crippen LogP contribution in [0.25, 0.3) is 11.5 Å². The molecule has 23 heavy (non-hydrogen) atoms. The van der Waals surface area contributed by atoms with Crippen molar-refractivity contribution in [3.63, 3.8) is 0 Å². The number of ether oxygens (including phenoxy) is 1. The summed E-state index contributed by atoms with van der Waals surface area (Å²) in [6.07, 6.45) is 1.66. The highest BCUT2D eigenvalue weighted by Crippen LogP contribution is 2.21. The predicted molar refractivity (Wildman–Crippen MR) is 81.7 cm³/mol. The molecule has 0 aliphatic heterocycles. The van der Waals surface area contributed by atoms with Gasteiger partial charge in [0, 0.05) is 11.8 Å². The lowest BCUT2D eigenvalue weighted by Crippen LogP contribution is -2.23. The number of methoxy groups -OCH3 is 1. The van der Waals surface area contributed by atoms with Crippen LogP contribution in [-0.2, 0) is 6.54 Å². The van der Waals surface area contributed by atoms with Gasteiger partial charge in [0.1, 0.15) is 5.75 Å². The van der Waals surface area contributed by atoms with Crippen LogP contribution in [0.15, 0.2) is 53.1 Å². The lowest BCUT2D eigenvalue weighted by molar-refractivity contribution is 0.0916. The molecular weight excluding hydrogens is 296 g/mol. The second-order valence-corrected chi connectivity index (χ2v) is 4.64. The van der Waals surface area contributed by atoms with Gasteiger partial charge in [-0.15, -0.1) is 10.2 Å². The highest BCUT2D eigenvalue weighted by atomic mass is 16.5. The molecule has 3 rings (SSSR count). The van der Waals surface area contributed by atoms with E-state index in [1.807, 2.05) is 18.2 Å². The monoisotopic (exact) mass is 310 g/mol. The first-order valence-electron chi connectivity index (χ1n) is 6.92. The zero-order valence-corrected chi connectivity index (χ0v) is 12.4. The molecule has 0 atom stereocenters. The van der Waals surface area contributed by atoms with Crippen molar-refractivity contribution in [3.05, 3.63) is 60.2 Å². The van der Waals surface area contributed by atoms with Crippen LogP contribution in [0.3, 0.4) is 0 Å². The maximum atomic E-state index is 12.0. The summed E-state index contributed by atoms with van der Waals surface area (Å²) in [5.74, 6) is 0.465. The molecule has 1 N–H and O–H groups in total. The number of hydrogen-bond acceptors (Lipinski definition) is 6. The molecule has 0 saturated carbocycles. The van der Waals surface area contributed by atoms with Crippen molar-refractivity contribution in [2.45, 2.75) is 6.54 Å². The van der Waals surface area contributed by atoms with Gasteiger partial charge >= 0.3 is 11.8 Å². The number of carbonyl (C=O) groups excluding carboxylic acids is 1. The van der Waals surface area contributed by atoms with E-state index in [0.29, 0.717) is 12.1 Å². The normalized spacial score (nSPS) is 10.3. The molecule has 0 saturated heterocycles. The fourth-order valence-electron chi connectivity index (χ4n) is 1.91.